The van der Waals surface area contributed by atoms with Gasteiger partial charge in [0.25, 0.3) is 0 Å². The minimum Gasteiger partial charge on any atom is -0.357 e. The monoisotopic (exact) mass is 311 g/mol. The molecule has 0 amide bonds. The first kappa shape index (κ1) is 18.2. The molecule has 0 unspecified atom stereocenters. The molecule has 0 aliphatic carbocycles. The summed E-state index contributed by atoms with van der Waals surface area (Å²) in [6.45, 7) is 10.6. The Hall–Kier alpha value is -0.800. The third kappa shape index (κ3) is 6.66. The van der Waals surface area contributed by atoms with Crippen molar-refractivity contribution in [3.05, 3.63) is 22.8 Å². The minimum atomic E-state index is 0.758. The number of unbranched alkanes of at least 4 members (excludes halogenated alkanes) is 2. The van der Waals surface area contributed by atoms with Crippen LogP contribution in [0.4, 0.5) is 5.82 Å². The number of pyridine rings is 1. The number of rotatable bonds is 11. The maximum atomic E-state index is 6.27. The van der Waals surface area contributed by atoms with Crippen LogP contribution in [-0.2, 0) is 6.54 Å². The molecule has 0 atom stereocenters. The van der Waals surface area contributed by atoms with Gasteiger partial charge in [-0.3, -0.25) is 0 Å². The van der Waals surface area contributed by atoms with E-state index < -0.39 is 0 Å². The molecule has 1 aromatic rings. The average Bonchev–Trinajstić information content (AvgIpc) is 2.50. The molecule has 3 nitrogen and oxygen atoms in total. The standard InChI is InChI=1S/C17H30ClN3/c1-4-7-10-21(11-8-5-2)17-12-15(13-19-9-6-3)16(18)14-20-17/h12,14,19H,4-11,13H2,1-3H3. The molecule has 120 valence electrons. The van der Waals surface area contributed by atoms with E-state index >= 15 is 0 Å². The van der Waals surface area contributed by atoms with Crippen LogP contribution in [0.15, 0.2) is 12.3 Å². The van der Waals surface area contributed by atoms with Crippen molar-refractivity contribution in [1.29, 1.82) is 0 Å². The van der Waals surface area contributed by atoms with E-state index in [1.807, 2.05) is 0 Å². The molecule has 0 bridgehead atoms. The van der Waals surface area contributed by atoms with Crippen LogP contribution < -0.4 is 10.2 Å². The molecular weight excluding hydrogens is 282 g/mol. The van der Waals surface area contributed by atoms with Crippen LogP contribution in [0.5, 0.6) is 0 Å². The smallest absolute Gasteiger partial charge is 0.128 e. The fraction of sp³-hybridized carbons (Fsp3) is 0.706. The van der Waals surface area contributed by atoms with Gasteiger partial charge < -0.3 is 10.2 Å². The van der Waals surface area contributed by atoms with Gasteiger partial charge in [0.1, 0.15) is 5.82 Å². The van der Waals surface area contributed by atoms with Crippen molar-refractivity contribution in [2.75, 3.05) is 24.5 Å². The molecule has 1 rings (SSSR count). The summed E-state index contributed by atoms with van der Waals surface area (Å²) < 4.78 is 0. The minimum absolute atomic E-state index is 0.758. The Morgan fingerprint density at radius 3 is 2.33 bits per heavy atom. The van der Waals surface area contributed by atoms with Gasteiger partial charge in [0, 0.05) is 25.8 Å². The highest BCUT2D eigenvalue weighted by Crippen LogP contribution is 2.21. The predicted octanol–water partition coefficient (Wildman–Crippen LogP) is 4.64. The van der Waals surface area contributed by atoms with Gasteiger partial charge in [-0.05, 0) is 37.4 Å². The lowest BCUT2D eigenvalue weighted by Crippen LogP contribution is -2.27. The van der Waals surface area contributed by atoms with Gasteiger partial charge in [-0.2, -0.15) is 0 Å². The molecule has 1 aromatic heterocycles. The second kappa shape index (κ2) is 10.9. The number of hydrogen-bond acceptors (Lipinski definition) is 3. The first-order valence-corrected chi connectivity index (χ1v) is 8.70. The number of hydrogen-bond donors (Lipinski definition) is 1. The van der Waals surface area contributed by atoms with Crippen LogP contribution in [0, 0.1) is 0 Å². The SMILES string of the molecule is CCCCN(CCCC)c1cc(CNCCC)c(Cl)cn1. The molecule has 4 heteroatoms. The Morgan fingerprint density at radius 2 is 1.76 bits per heavy atom. The second-order valence-electron chi connectivity index (χ2n) is 5.50. The fourth-order valence-electron chi connectivity index (χ4n) is 2.21. The number of aromatic nitrogens is 1. The normalized spacial score (nSPS) is 10.9. The number of nitrogens with one attached hydrogen (secondary N) is 1. The number of anilines is 1. The van der Waals surface area contributed by atoms with E-state index in [0.717, 1.165) is 49.0 Å². The van der Waals surface area contributed by atoms with E-state index in [2.05, 4.69) is 42.0 Å². The third-order valence-electron chi connectivity index (χ3n) is 3.55. The predicted molar refractivity (Wildman–Crippen MR) is 93.3 cm³/mol. The number of halogens is 1. The van der Waals surface area contributed by atoms with Crippen LogP contribution in [0.2, 0.25) is 5.02 Å². The highest BCUT2D eigenvalue weighted by molar-refractivity contribution is 6.31. The zero-order valence-electron chi connectivity index (χ0n) is 13.8. The summed E-state index contributed by atoms with van der Waals surface area (Å²) in [6, 6.07) is 2.15. The van der Waals surface area contributed by atoms with E-state index in [1.165, 1.54) is 25.7 Å². The summed E-state index contributed by atoms with van der Waals surface area (Å²) in [5.41, 5.74) is 1.15. The van der Waals surface area contributed by atoms with Gasteiger partial charge in [-0.25, -0.2) is 4.98 Å². The van der Waals surface area contributed by atoms with Crippen molar-refractivity contribution in [1.82, 2.24) is 10.3 Å². The summed E-state index contributed by atoms with van der Waals surface area (Å²) in [5.74, 6) is 1.06. The maximum absolute atomic E-state index is 6.27. The number of nitrogens with zero attached hydrogens (tertiary/aromatic N) is 2. The van der Waals surface area contributed by atoms with Crippen LogP contribution in [0.1, 0.15) is 58.4 Å². The summed E-state index contributed by atoms with van der Waals surface area (Å²) in [5, 5.41) is 4.17. The average molecular weight is 312 g/mol. The zero-order valence-corrected chi connectivity index (χ0v) is 14.5. The largest absolute Gasteiger partial charge is 0.357 e. The Labute approximate surface area is 135 Å². The zero-order chi connectivity index (χ0) is 15.5. The quantitative estimate of drug-likeness (QED) is 0.603. The van der Waals surface area contributed by atoms with Gasteiger partial charge >= 0.3 is 0 Å². The van der Waals surface area contributed by atoms with Crippen molar-refractivity contribution in [3.8, 4) is 0 Å². The van der Waals surface area contributed by atoms with Gasteiger partial charge in [-0.15, -0.1) is 0 Å². The van der Waals surface area contributed by atoms with Crippen LogP contribution in [0.25, 0.3) is 0 Å². The van der Waals surface area contributed by atoms with Gasteiger partial charge in [-0.1, -0.05) is 45.2 Å². The first-order valence-electron chi connectivity index (χ1n) is 8.32. The molecular formula is C17H30ClN3. The molecule has 0 radical (unpaired) electrons. The molecule has 1 heterocycles. The Morgan fingerprint density at radius 1 is 1.10 bits per heavy atom. The Balaban J connectivity index is 2.78. The summed E-state index contributed by atoms with van der Waals surface area (Å²) in [6.07, 6.45) is 7.76. The van der Waals surface area contributed by atoms with Crippen LogP contribution in [0.3, 0.4) is 0 Å². The lowest BCUT2D eigenvalue weighted by atomic mass is 10.2. The molecule has 0 spiro atoms. The molecule has 21 heavy (non-hydrogen) atoms. The molecule has 0 aromatic carbocycles. The molecule has 0 saturated carbocycles. The van der Waals surface area contributed by atoms with E-state index in [0.29, 0.717) is 0 Å². The van der Waals surface area contributed by atoms with E-state index in [9.17, 15) is 0 Å². The van der Waals surface area contributed by atoms with Crippen LogP contribution in [-0.4, -0.2) is 24.6 Å². The highest BCUT2D eigenvalue weighted by Gasteiger charge is 2.10. The highest BCUT2D eigenvalue weighted by atomic mass is 35.5. The topological polar surface area (TPSA) is 28.2 Å². The molecule has 0 aliphatic heterocycles. The van der Waals surface area contributed by atoms with Crippen molar-refractivity contribution in [3.63, 3.8) is 0 Å². The summed E-state index contributed by atoms with van der Waals surface area (Å²) in [7, 11) is 0. The lowest BCUT2D eigenvalue weighted by molar-refractivity contribution is 0.663. The molecule has 0 saturated heterocycles. The van der Waals surface area contributed by atoms with Crippen molar-refractivity contribution >= 4 is 17.4 Å². The molecule has 0 aliphatic rings. The van der Waals surface area contributed by atoms with Gasteiger partial charge in [0.15, 0.2) is 0 Å². The van der Waals surface area contributed by atoms with Gasteiger partial charge in [0.05, 0.1) is 5.02 Å². The van der Waals surface area contributed by atoms with E-state index in [1.54, 1.807) is 6.20 Å². The van der Waals surface area contributed by atoms with E-state index in [4.69, 9.17) is 11.6 Å². The Bertz CT molecular complexity index is 388. The second-order valence-corrected chi connectivity index (χ2v) is 5.91. The van der Waals surface area contributed by atoms with E-state index in [-0.39, 0.29) is 0 Å². The maximum Gasteiger partial charge on any atom is 0.128 e. The Kier molecular flexibility index (Phi) is 9.44. The van der Waals surface area contributed by atoms with Crippen molar-refractivity contribution < 1.29 is 0 Å². The third-order valence-corrected chi connectivity index (χ3v) is 3.89. The fourth-order valence-corrected chi connectivity index (χ4v) is 2.39. The van der Waals surface area contributed by atoms with Crippen LogP contribution >= 0.6 is 11.6 Å². The molecule has 0 fully saturated rings. The summed E-state index contributed by atoms with van der Waals surface area (Å²) in [4.78, 5) is 6.94. The van der Waals surface area contributed by atoms with Gasteiger partial charge in [0.2, 0.25) is 0 Å². The first-order chi connectivity index (χ1) is 10.2. The van der Waals surface area contributed by atoms with Crippen molar-refractivity contribution in [2.24, 2.45) is 0 Å². The van der Waals surface area contributed by atoms with Crippen molar-refractivity contribution in [2.45, 2.75) is 59.4 Å². The lowest BCUT2D eigenvalue weighted by Gasteiger charge is -2.24. The molecule has 1 N–H and O–H groups in total. The summed E-state index contributed by atoms with van der Waals surface area (Å²) >= 11 is 6.27.